The smallest absolute Gasteiger partial charge is 0.261 e. The highest BCUT2D eigenvalue weighted by molar-refractivity contribution is 7.17. The minimum Gasteiger partial charge on any atom is -0.350 e. The second-order valence-corrected chi connectivity index (χ2v) is 7.37. The summed E-state index contributed by atoms with van der Waals surface area (Å²) >= 11 is 1.50. The van der Waals surface area contributed by atoms with Crippen LogP contribution in [0.4, 0.5) is 0 Å². The van der Waals surface area contributed by atoms with Gasteiger partial charge in [0.05, 0.1) is 17.4 Å². The molecular weight excluding hydrogens is 316 g/mol. The zero-order chi connectivity index (χ0) is 16.8. The molecule has 1 amide bonds. The van der Waals surface area contributed by atoms with Gasteiger partial charge in [0.25, 0.3) is 5.91 Å². The zero-order valence-corrected chi connectivity index (χ0v) is 14.6. The van der Waals surface area contributed by atoms with Crippen molar-refractivity contribution in [2.24, 2.45) is 0 Å². The van der Waals surface area contributed by atoms with Gasteiger partial charge in [-0.15, -0.1) is 11.3 Å². The summed E-state index contributed by atoms with van der Waals surface area (Å²) in [6, 6.07) is 14.7. The molecule has 0 saturated heterocycles. The molecule has 1 aliphatic carbocycles. The largest absolute Gasteiger partial charge is 0.350 e. The fraction of sp³-hybridized carbons (Fsp3) is 0.400. The highest BCUT2D eigenvalue weighted by Crippen LogP contribution is 2.34. The number of benzene rings is 1. The Hall–Kier alpha value is -2.12. The maximum atomic E-state index is 12.0. The molecule has 0 spiro atoms. The van der Waals surface area contributed by atoms with Gasteiger partial charge < -0.3 is 5.32 Å². The van der Waals surface area contributed by atoms with Crippen LogP contribution in [-0.4, -0.2) is 12.5 Å². The van der Waals surface area contributed by atoms with Crippen LogP contribution in [0.1, 0.15) is 59.7 Å². The minimum atomic E-state index is -0.0969. The lowest BCUT2D eigenvalue weighted by Crippen LogP contribution is -2.23. The SMILES string of the molecule is N#CCCNC(=O)c1ccc(-c2ccc(C3CCCCC3)cc2)s1. The molecule has 4 heteroatoms. The first-order chi connectivity index (χ1) is 11.8. The molecule has 2 aromatic rings. The molecule has 0 unspecified atom stereocenters. The van der Waals surface area contributed by atoms with Gasteiger partial charge in [0, 0.05) is 11.4 Å². The van der Waals surface area contributed by atoms with Crippen LogP contribution in [0, 0.1) is 11.3 Å². The van der Waals surface area contributed by atoms with Gasteiger partial charge in [-0.3, -0.25) is 4.79 Å². The molecule has 0 atom stereocenters. The predicted octanol–water partition coefficient (Wildman–Crippen LogP) is 5.11. The molecule has 124 valence electrons. The van der Waals surface area contributed by atoms with Crippen LogP contribution in [0.3, 0.4) is 0 Å². The van der Waals surface area contributed by atoms with Gasteiger partial charge >= 0.3 is 0 Å². The van der Waals surface area contributed by atoms with Crippen molar-refractivity contribution >= 4 is 17.2 Å². The summed E-state index contributed by atoms with van der Waals surface area (Å²) < 4.78 is 0. The van der Waals surface area contributed by atoms with Crippen molar-refractivity contribution in [1.29, 1.82) is 5.26 Å². The van der Waals surface area contributed by atoms with Crippen molar-refractivity contribution in [2.75, 3.05) is 6.54 Å². The van der Waals surface area contributed by atoms with Crippen molar-refractivity contribution in [2.45, 2.75) is 44.4 Å². The van der Waals surface area contributed by atoms with Crippen molar-refractivity contribution in [3.8, 4) is 16.5 Å². The normalized spacial score (nSPS) is 15.0. The molecule has 1 saturated carbocycles. The van der Waals surface area contributed by atoms with Crippen molar-refractivity contribution in [3.05, 3.63) is 46.8 Å². The topological polar surface area (TPSA) is 52.9 Å². The lowest BCUT2D eigenvalue weighted by atomic mass is 9.84. The maximum absolute atomic E-state index is 12.0. The molecule has 1 aromatic carbocycles. The van der Waals surface area contributed by atoms with Crippen molar-refractivity contribution in [1.82, 2.24) is 5.32 Å². The number of hydrogen-bond donors (Lipinski definition) is 1. The van der Waals surface area contributed by atoms with E-state index in [1.54, 1.807) is 0 Å². The third-order valence-corrected chi connectivity index (χ3v) is 5.76. The molecule has 1 fully saturated rings. The molecular formula is C20H22N2OS. The summed E-state index contributed by atoms with van der Waals surface area (Å²) in [4.78, 5) is 13.8. The second-order valence-electron chi connectivity index (χ2n) is 6.28. The van der Waals surface area contributed by atoms with E-state index in [9.17, 15) is 4.79 Å². The summed E-state index contributed by atoms with van der Waals surface area (Å²) in [6.07, 6.45) is 7.04. The highest BCUT2D eigenvalue weighted by atomic mass is 32.1. The summed E-state index contributed by atoms with van der Waals surface area (Å²) in [6.45, 7) is 0.401. The third-order valence-electron chi connectivity index (χ3n) is 4.62. The fourth-order valence-electron chi connectivity index (χ4n) is 3.29. The van der Waals surface area contributed by atoms with Crippen LogP contribution in [0.5, 0.6) is 0 Å². The van der Waals surface area contributed by atoms with Crippen LogP contribution < -0.4 is 5.32 Å². The average Bonchev–Trinajstić information content (AvgIpc) is 3.13. The average molecular weight is 338 g/mol. The predicted molar refractivity (Wildman–Crippen MR) is 98.1 cm³/mol. The summed E-state index contributed by atoms with van der Waals surface area (Å²) in [5.41, 5.74) is 2.61. The number of rotatable bonds is 5. The number of nitriles is 1. The van der Waals surface area contributed by atoms with E-state index in [1.807, 2.05) is 18.2 Å². The Morgan fingerprint density at radius 3 is 2.58 bits per heavy atom. The summed E-state index contributed by atoms with van der Waals surface area (Å²) in [5, 5.41) is 11.3. The molecule has 24 heavy (non-hydrogen) atoms. The molecule has 0 aliphatic heterocycles. The number of nitrogens with zero attached hydrogens (tertiary/aromatic N) is 1. The number of hydrogen-bond acceptors (Lipinski definition) is 3. The van der Waals surface area contributed by atoms with Crippen molar-refractivity contribution < 1.29 is 4.79 Å². The van der Waals surface area contributed by atoms with Crippen molar-refractivity contribution in [3.63, 3.8) is 0 Å². The van der Waals surface area contributed by atoms with Crippen LogP contribution >= 0.6 is 11.3 Å². The third kappa shape index (κ3) is 4.04. The Kier molecular flexibility index (Phi) is 5.66. The Morgan fingerprint density at radius 2 is 1.88 bits per heavy atom. The first-order valence-corrected chi connectivity index (χ1v) is 9.45. The van der Waals surface area contributed by atoms with Gasteiger partial charge in [0.1, 0.15) is 0 Å². The maximum Gasteiger partial charge on any atom is 0.261 e. The molecule has 3 rings (SSSR count). The van der Waals surface area contributed by atoms with Crippen LogP contribution in [0.25, 0.3) is 10.4 Å². The van der Waals surface area contributed by atoms with Gasteiger partial charge in [-0.2, -0.15) is 5.26 Å². The number of carbonyl (C=O) groups is 1. The monoisotopic (exact) mass is 338 g/mol. The van der Waals surface area contributed by atoms with E-state index in [1.165, 1.54) is 49.0 Å². The Morgan fingerprint density at radius 1 is 1.12 bits per heavy atom. The minimum absolute atomic E-state index is 0.0969. The van der Waals surface area contributed by atoms with E-state index >= 15 is 0 Å². The molecule has 0 radical (unpaired) electrons. The second kappa shape index (κ2) is 8.12. The van der Waals surface area contributed by atoms with E-state index in [4.69, 9.17) is 5.26 Å². The fourth-order valence-corrected chi connectivity index (χ4v) is 4.22. The quantitative estimate of drug-likeness (QED) is 0.771. The van der Waals surface area contributed by atoms with Gasteiger partial charge in [-0.1, -0.05) is 43.5 Å². The van der Waals surface area contributed by atoms with E-state index in [2.05, 4.69) is 29.6 Å². The Labute approximate surface area is 147 Å². The van der Waals surface area contributed by atoms with E-state index in [0.717, 1.165) is 16.4 Å². The number of amides is 1. The molecule has 1 heterocycles. The van der Waals surface area contributed by atoms with Gasteiger partial charge in [0.15, 0.2) is 0 Å². The Balaban J connectivity index is 1.66. The van der Waals surface area contributed by atoms with E-state index in [-0.39, 0.29) is 5.91 Å². The van der Waals surface area contributed by atoms with Gasteiger partial charge in [-0.05, 0) is 42.0 Å². The first-order valence-electron chi connectivity index (χ1n) is 8.63. The summed E-state index contributed by atoms with van der Waals surface area (Å²) in [5.74, 6) is 0.623. The molecule has 1 aliphatic rings. The first kappa shape index (κ1) is 16.7. The van der Waals surface area contributed by atoms with E-state index in [0.29, 0.717) is 17.8 Å². The van der Waals surface area contributed by atoms with Crippen LogP contribution in [0.15, 0.2) is 36.4 Å². The van der Waals surface area contributed by atoms with Crippen LogP contribution in [0.2, 0.25) is 0 Å². The molecule has 1 N–H and O–H groups in total. The Bertz CT molecular complexity index is 721. The number of nitrogens with one attached hydrogen (secondary N) is 1. The lowest BCUT2D eigenvalue weighted by molar-refractivity contribution is 0.0958. The van der Waals surface area contributed by atoms with Gasteiger partial charge in [0.2, 0.25) is 0 Å². The van der Waals surface area contributed by atoms with Gasteiger partial charge in [-0.25, -0.2) is 0 Å². The molecule has 3 nitrogen and oxygen atoms in total. The summed E-state index contributed by atoms with van der Waals surface area (Å²) in [7, 11) is 0. The number of thiophene rings is 1. The molecule has 1 aromatic heterocycles. The van der Waals surface area contributed by atoms with Crippen LogP contribution in [-0.2, 0) is 0 Å². The molecule has 0 bridgehead atoms. The lowest BCUT2D eigenvalue weighted by Gasteiger charge is -2.22. The highest BCUT2D eigenvalue weighted by Gasteiger charge is 2.15. The zero-order valence-electron chi connectivity index (χ0n) is 13.8. The van der Waals surface area contributed by atoms with E-state index < -0.39 is 0 Å². The standard InChI is InChI=1S/C20H22N2OS/c21-13-4-14-22-20(23)19-12-11-18(24-19)17-9-7-16(8-10-17)15-5-2-1-3-6-15/h7-12,15H,1-6,14H2,(H,22,23). The number of carbonyl (C=O) groups excluding carboxylic acids is 1.